The van der Waals surface area contributed by atoms with E-state index in [1.165, 1.54) is 13.1 Å². The zero-order valence-electron chi connectivity index (χ0n) is 11.6. The van der Waals surface area contributed by atoms with Crippen LogP contribution >= 0.6 is 0 Å². The summed E-state index contributed by atoms with van der Waals surface area (Å²) in [6, 6.07) is 5.64. The molecule has 0 unspecified atom stereocenters. The van der Waals surface area contributed by atoms with E-state index in [0.29, 0.717) is 16.8 Å². The van der Waals surface area contributed by atoms with Gasteiger partial charge >= 0.3 is 5.97 Å². The van der Waals surface area contributed by atoms with Crippen LogP contribution in [0.15, 0.2) is 24.4 Å². The second-order valence-corrected chi connectivity index (χ2v) is 4.89. The summed E-state index contributed by atoms with van der Waals surface area (Å²) in [6.07, 6.45) is 1.35. The molecule has 20 heavy (non-hydrogen) atoms. The quantitative estimate of drug-likeness (QED) is 0.870. The lowest BCUT2D eigenvalue weighted by atomic mass is 9.98. The molecule has 5 nitrogen and oxygen atoms in total. The zero-order chi connectivity index (χ0) is 14.9. The fourth-order valence-electron chi connectivity index (χ4n) is 2.04. The lowest BCUT2D eigenvalue weighted by Gasteiger charge is -2.11. The smallest absolute Gasteiger partial charge is 0.308 e. The maximum Gasteiger partial charge on any atom is 0.308 e. The molecule has 0 fully saturated rings. The van der Waals surface area contributed by atoms with Crippen LogP contribution in [0.3, 0.4) is 0 Å². The number of nitrogens with two attached hydrogens (primary N) is 1. The molecule has 0 bridgehead atoms. The molecule has 0 spiro atoms. The summed E-state index contributed by atoms with van der Waals surface area (Å²) in [5.74, 6) is -0.765. The number of hydrogen-bond acceptors (Lipinski definition) is 4. The number of carbonyl (C=O) groups is 2. The summed E-state index contributed by atoms with van der Waals surface area (Å²) >= 11 is 0. The number of hydrogen-bond donors (Lipinski definition) is 1. The Balaban J connectivity index is 2.74. The summed E-state index contributed by atoms with van der Waals surface area (Å²) in [6.45, 7) is 5.36. The van der Waals surface area contributed by atoms with Gasteiger partial charge in [-0.15, -0.1) is 0 Å². The van der Waals surface area contributed by atoms with E-state index in [9.17, 15) is 9.59 Å². The van der Waals surface area contributed by atoms with Crippen LogP contribution in [0.1, 0.15) is 42.6 Å². The number of amides is 1. The maximum atomic E-state index is 11.7. The van der Waals surface area contributed by atoms with Crippen molar-refractivity contribution in [1.29, 1.82) is 0 Å². The van der Waals surface area contributed by atoms with E-state index in [1.54, 1.807) is 0 Å². The highest BCUT2D eigenvalue weighted by molar-refractivity contribution is 6.08. The Morgan fingerprint density at radius 3 is 2.55 bits per heavy atom. The van der Waals surface area contributed by atoms with Gasteiger partial charge in [0, 0.05) is 12.3 Å². The number of nitrogens with zero attached hydrogens (tertiary/aromatic N) is 1. The number of pyridine rings is 1. The van der Waals surface area contributed by atoms with E-state index in [2.05, 4.69) is 18.8 Å². The molecular formula is C15H16N2O3. The second-order valence-electron chi connectivity index (χ2n) is 4.89. The second kappa shape index (κ2) is 5.28. The molecule has 1 aromatic heterocycles. The van der Waals surface area contributed by atoms with Crippen LogP contribution in [0, 0.1) is 0 Å². The molecule has 1 amide bonds. The molecular weight excluding hydrogens is 256 g/mol. The van der Waals surface area contributed by atoms with Gasteiger partial charge in [0.15, 0.2) is 5.75 Å². The minimum absolute atomic E-state index is 0.0957. The number of benzene rings is 1. The Hall–Kier alpha value is -2.43. The Bertz CT molecular complexity index is 693. The third-order valence-electron chi connectivity index (χ3n) is 3.02. The van der Waals surface area contributed by atoms with Crippen LogP contribution in [-0.2, 0) is 4.79 Å². The lowest BCUT2D eigenvalue weighted by molar-refractivity contribution is -0.131. The Morgan fingerprint density at radius 2 is 2.00 bits per heavy atom. The van der Waals surface area contributed by atoms with Crippen molar-refractivity contribution in [2.75, 3.05) is 0 Å². The van der Waals surface area contributed by atoms with Gasteiger partial charge in [0.2, 0.25) is 0 Å². The Kier molecular flexibility index (Phi) is 3.70. The highest BCUT2D eigenvalue weighted by atomic mass is 16.5. The van der Waals surface area contributed by atoms with Crippen molar-refractivity contribution in [2.45, 2.75) is 26.7 Å². The molecule has 2 aromatic rings. The van der Waals surface area contributed by atoms with E-state index < -0.39 is 11.9 Å². The van der Waals surface area contributed by atoms with E-state index in [4.69, 9.17) is 10.5 Å². The van der Waals surface area contributed by atoms with Crippen LogP contribution in [0.5, 0.6) is 5.75 Å². The van der Waals surface area contributed by atoms with E-state index in [-0.39, 0.29) is 11.3 Å². The Labute approximate surface area is 116 Å². The summed E-state index contributed by atoms with van der Waals surface area (Å²) in [7, 11) is 0. The van der Waals surface area contributed by atoms with Gasteiger partial charge in [0.25, 0.3) is 5.91 Å². The minimum atomic E-state index is -0.644. The first-order chi connectivity index (χ1) is 9.40. The van der Waals surface area contributed by atoms with Gasteiger partial charge in [-0.05, 0) is 23.6 Å². The van der Waals surface area contributed by atoms with Crippen molar-refractivity contribution in [3.8, 4) is 5.75 Å². The van der Waals surface area contributed by atoms with E-state index in [0.717, 1.165) is 5.56 Å². The van der Waals surface area contributed by atoms with E-state index >= 15 is 0 Å². The van der Waals surface area contributed by atoms with Crippen LogP contribution in [0.2, 0.25) is 0 Å². The molecule has 0 aliphatic rings. The molecule has 104 valence electrons. The van der Waals surface area contributed by atoms with Crippen LogP contribution in [-0.4, -0.2) is 16.9 Å². The first kappa shape index (κ1) is 14.0. The molecule has 0 saturated heterocycles. The third-order valence-corrected chi connectivity index (χ3v) is 3.02. The van der Waals surface area contributed by atoms with Gasteiger partial charge < -0.3 is 10.5 Å². The van der Waals surface area contributed by atoms with Crippen molar-refractivity contribution in [3.63, 3.8) is 0 Å². The summed E-state index contributed by atoms with van der Waals surface area (Å²) in [4.78, 5) is 27.0. The van der Waals surface area contributed by atoms with Gasteiger partial charge in [0.05, 0.1) is 17.3 Å². The number of carbonyl (C=O) groups excluding carboxylic acids is 2. The molecule has 0 atom stereocenters. The zero-order valence-corrected chi connectivity index (χ0v) is 11.6. The van der Waals surface area contributed by atoms with Crippen LogP contribution < -0.4 is 10.5 Å². The highest BCUT2D eigenvalue weighted by Gasteiger charge is 2.17. The fourth-order valence-corrected chi connectivity index (χ4v) is 2.04. The fraction of sp³-hybridized carbons (Fsp3) is 0.267. The highest BCUT2D eigenvalue weighted by Crippen LogP contribution is 2.28. The van der Waals surface area contributed by atoms with Crippen molar-refractivity contribution >= 4 is 22.8 Å². The number of aromatic nitrogens is 1. The maximum absolute atomic E-state index is 11.7. The lowest BCUT2D eigenvalue weighted by Crippen LogP contribution is -2.15. The van der Waals surface area contributed by atoms with Gasteiger partial charge in [-0.1, -0.05) is 19.9 Å². The molecule has 1 heterocycles. The van der Waals surface area contributed by atoms with Crippen LogP contribution in [0.4, 0.5) is 0 Å². The standard InChI is InChI=1S/C15H16N2O3/c1-8(2)10-4-5-12-11(6-10)14(15(16)19)13(7-17-12)20-9(3)18/h4-8H,1-3H3,(H2,16,19). The molecule has 0 aliphatic carbocycles. The first-order valence-corrected chi connectivity index (χ1v) is 6.31. The van der Waals surface area contributed by atoms with E-state index in [1.807, 2.05) is 18.2 Å². The average Bonchev–Trinajstić information content (AvgIpc) is 2.36. The first-order valence-electron chi connectivity index (χ1n) is 6.31. The normalized spacial score (nSPS) is 10.8. The van der Waals surface area contributed by atoms with Crippen molar-refractivity contribution < 1.29 is 14.3 Å². The molecule has 2 rings (SSSR count). The number of ether oxygens (including phenoxy) is 1. The molecule has 1 aromatic carbocycles. The minimum Gasteiger partial charge on any atom is -0.424 e. The monoisotopic (exact) mass is 272 g/mol. The third kappa shape index (κ3) is 2.61. The van der Waals surface area contributed by atoms with Gasteiger partial charge in [0.1, 0.15) is 0 Å². The Morgan fingerprint density at radius 1 is 1.30 bits per heavy atom. The summed E-state index contributed by atoms with van der Waals surface area (Å²) in [5, 5.41) is 0.599. The average molecular weight is 272 g/mol. The van der Waals surface area contributed by atoms with Crippen LogP contribution in [0.25, 0.3) is 10.9 Å². The number of fused-ring (bicyclic) bond motifs is 1. The number of primary amides is 1. The van der Waals surface area contributed by atoms with Gasteiger partial charge in [-0.25, -0.2) is 0 Å². The predicted octanol–water partition coefficient (Wildman–Crippen LogP) is 2.38. The SMILES string of the molecule is CC(=O)Oc1cnc2ccc(C(C)C)cc2c1C(N)=O. The molecule has 0 radical (unpaired) electrons. The topological polar surface area (TPSA) is 82.3 Å². The molecule has 0 aliphatic heterocycles. The predicted molar refractivity (Wildman–Crippen MR) is 75.7 cm³/mol. The summed E-state index contributed by atoms with van der Waals surface area (Å²) < 4.78 is 5.01. The molecule has 0 saturated carbocycles. The van der Waals surface area contributed by atoms with Crippen molar-refractivity contribution in [1.82, 2.24) is 4.98 Å². The summed E-state index contributed by atoms with van der Waals surface area (Å²) in [5.41, 5.74) is 7.31. The molecule has 5 heteroatoms. The number of rotatable bonds is 3. The van der Waals surface area contributed by atoms with Gasteiger partial charge in [-0.2, -0.15) is 0 Å². The number of esters is 1. The molecule has 2 N–H and O–H groups in total. The van der Waals surface area contributed by atoms with Gasteiger partial charge in [-0.3, -0.25) is 14.6 Å². The van der Waals surface area contributed by atoms with Crippen molar-refractivity contribution in [2.24, 2.45) is 5.73 Å². The van der Waals surface area contributed by atoms with Crippen molar-refractivity contribution in [3.05, 3.63) is 35.5 Å². The largest absolute Gasteiger partial charge is 0.424 e.